The summed E-state index contributed by atoms with van der Waals surface area (Å²) in [5, 5.41) is 7.08. The minimum atomic E-state index is -0.555. The molecule has 11 aromatic carbocycles. The van der Waals surface area contributed by atoms with Crippen molar-refractivity contribution in [2.75, 3.05) is 4.90 Å². The highest BCUT2D eigenvalue weighted by Gasteiger charge is 2.46. The molecule has 0 spiro atoms. The van der Waals surface area contributed by atoms with Gasteiger partial charge < -0.3 is 9.32 Å². The Bertz CT molecular complexity index is 3730. The molecule has 13 rings (SSSR count). The van der Waals surface area contributed by atoms with Gasteiger partial charge in [0.1, 0.15) is 11.2 Å². The lowest BCUT2D eigenvalue weighted by Crippen LogP contribution is -2.28. The first-order valence-corrected chi connectivity index (χ1v) is 22.4. The van der Waals surface area contributed by atoms with Crippen molar-refractivity contribution in [3.8, 4) is 33.4 Å². The molecular formula is C63H41NO. The molecule has 0 aliphatic heterocycles. The minimum Gasteiger partial charge on any atom is -0.456 e. The summed E-state index contributed by atoms with van der Waals surface area (Å²) in [6.07, 6.45) is 0. The van der Waals surface area contributed by atoms with Gasteiger partial charge in [-0.25, -0.2) is 0 Å². The number of anilines is 3. The van der Waals surface area contributed by atoms with Gasteiger partial charge >= 0.3 is 0 Å². The van der Waals surface area contributed by atoms with Crippen molar-refractivity contribution in [1.82, 2.24) is 0 Å². The molecule has 0 N–H and O–H groups in total. The van der Waals surface area contributed by atoms with Gasteiger partial charge in [-0.05, 0) is 120 Å². The molecular weight excluding hydrogens is 787 g/mol. The standard InChI is InChI=1S/C63H41NO/c1-3-16-42(17-4-1)43-34-36-49(37-35-43)64(50-22-15-21-48(41-50)63(47-19-5-2-6-20-47)56-27-12-9-24-52(56)53-25-10-13-28-57(53)63)58-38-39-60-62(54-26-11-14-29-59(54)65-60)61(58)46-33-32-45-31-30-44-18-7-8-23-51(44)55(45)40-46/h1-41H. The maximum atomic E-state index is 6.68. The largest absolute Gasteiger partial charge is 0.456 e. The van der Waals surface area contributed by atoms with Crippen molar-refractivity contribution >= 4 is 60.5 Å². The third kappa shape index (κ3) is 5.74. The number of hydrogen-bond donors (Lipinski definition) is 0. The average Bonchev–Trinajstić information content (AvgIpc) is 3.91. The second kappa shape index (κ2) is 14.8. The molecule has 65 heavy (non-hydrogen) atoms. The van der Waals surface area contributed by atoms with E-state index in [0.717, 1.165) is 50.1 Å². The molecule has 2 nitrogen and oxygen atoms in total. The van der Waals surface area contributed by atoms with E-state index in [0.29, 0.717) is 0 Å². The van der Waals surface area contributed by atoms with Crippen LogP contribution in [-0.2, 0) is 5.41 Å². The van der Waals surface area contributed by atoms with E-state index in [1.807, 2.05) is 0 Å². The van der Waals surface area contributed by atoms with Crippen LogP contribution in [0.1, 0.15) is 22.3 Å². The molecule has 0 atom stereocenters. The molecule has 304 valence electrons. The van der Waals surface area contributed by atoms with Crippen LogP contribution in [0.2, 0.25) is 0 Å². The monoisotopic (exact) mass is 827 g/mol. The SMILES string of the molecule is c1ccc(-c2ccc(N(c3cccc(C4(c5ccccc5)c5ccccc5-c5ccccc54)c3)c3ccc4oc5ccccc5c4c3-c3ccc4ccc5ccccc5c4c3)cc2)cc1. The van der Waals surface area contributed by atoms with Gasteiger partial charge in [-0.2, -0.15) is 0 Å². The Kier molecular flexibility index (Phi) is 8.47. The van der Waals surface area contributed by atoms with Gasteiger partial charge in [-0.3, -0.25) is 0 Å². The summed E-state index contributed by atoms with van der Waals surface area (Å²) >= 11 is 0. The summed E-state index contributed by atoms with van der Waals surface area (Å²) in [7, 11) is 0. The van der Waals surface area contributed by atoms with Crippen LogP contribution >= 0.6 is 0 Å². The van der Waals surface area contributed by atoms with Crippen LogP contribution in [0.5, 0.6) is 0 Å². The van der Waals surface area contributed by atoms with E-state index in [2.05, 4.69) is 254 Å². The minimum absolute atomic E-state index is 0.555. The van der Waals surface area contributed by atoms with Crippen molar-refractivity contribution < 1.29 is 4.42 Å². The number of nitrogens with zero attached hydrogens (tertiary/aromatic N) is 1. The Hall–Kier alpha value is -8.46. The Morgan fingerprint density at radius 2 is 0.923 bits per heavy atom. The average molecular weight is 828 g/mol. The summed E-state index contributed by atoms with van der Waals surface area (Å²) in [5.74, 6) is 0. The predicted molar refractivity (Wildman–Crippen MR) is 272 cm³/mol. The zero-order chi connectivity index (χ0) is 42.9. The summed E-state index contributed by atoms with van der Waals surface area (Å²) in [4.78, 5) is 2.47. The van der Waals surface area contributed by atoms with Crippen LogP contribution in [0.4, 0.5) is 17.1 Å². The van der Waals surface area contributed by atoms with E-state index >= 15 is 0 Å². The van der Waals surface area contributed by atoms with E-state index in [1.165, 1.54) is 66.1 Å². The molecule has 0 unspecified atom stereocenters. The molecule has 1 aliphatic rings. The van der Waals surface area contributed by atoms with Crippen molar-refractivity contribution in [1.29, 1.82) is 0 Å². The Balaban J connectivity index is 1.11. The summed E-state index contributed by atoms with van der Waals surface area (Å²) < 4.78 is 6.68. The third-order valence-corrected chi connectivity index (χ3v) is 13.7. The summed E-state index contributed by atoms with van der Waals surface area (Å²) in [6, 6.07) is 91.0. The highest BCUT2D eigenvalue weighted by molar-refractivity contribution is 6.18. The van der Waals surface area contributed by atoms with Crippen molar-refractivity contribution in [2.45, 2.75) is 5.41 Å². The molecule has 0 radical (unpaired) electrons. The Morgan fingerprint density at radius 3 is 1.69 bits per heavy atom. The van der Waals surface area contributed by atoms with E-state index in [-0.39, 0.29) is 0 Å². The molecule has 0 bridgehead atoms. The quantitative estimate of drug-likeness (QED) is 0.149. The molecule has 0 amide bonds. The zero-order valence-corrected chi connectivity index (χ0v) is 35.5. The first-order valence-electron chi connectivity index (χ1n) is 22.4. The van der Waals surface area contributed by atoms with E-state index in [9.17, 15) is 0 Å². The molecule has 0 fully saturated rings. The van der Waals surface area contributed by atoms with Crippen LogP contribution in [0.3, 0.4) is 0 Å². The Labute approximate surface area is 377 Å². The highest BCUT2D eigenvalue weighted by atomic mass is 16.3. The Morgan fingerprint density at radius 1 is 0.338 bits per heavy atom. The van der Waals surface area contributed by atoms with Gasteiger partial charge in [-0.1, -0.05) is 200 Å². The van der Waals surface area contributed by atoms with E-state index in [4.69, 9.17) is 4.42 Å². The first kappa shape index (κ1) is 37.1. The molecule has 2 heteroatoms. The normalized spacial score (nSPS) is 12.7. The predicted octanol–water partition coefficient (Wildman–Crippen LogP) is 17.1. The maximum absolute atomic E-state index is 6.68. The molecule has 1 aliphatic carbocycles. The van der Waals surface area contributed by atoms with Gasteiger partial charge in [0.15, 0.2) is 0 Å². The lowest BCUT2D eigenvalue weighted by atomic mass is 9.67. The van der Waals surface area contributed by atoms with Crippen molar-refractivity contribution in [3.63, 3.8) is 0 Å². The van der Waals surface area contributed by atoms with Crippen LogP contribution in [-0.4, -0.2) is 0 Å². The fourth-order valence-corrected chi connectivity index (χ4v) is 10.9. The van der Waals surface area contributed by atoms with Crippen LogP contribution < -0.4 is 4.90 Å². The molecule has 0 saturated carbocycles. The molecule has 1 heterocycles. The number of para-hydroxylation sites is 1. The van der Waals surface area contributed by atoms with Gasteiger partial charge in [0.05, 0.1) is 11.1 Å². The van der Waals surface area contributed by atoms with Crippen LogP contribution in [0.25, 0.3) is 76.9 Å². The second-order valence-electron chi connectivity index (χ2n) is 17.2. The lowest BCUT2D eigenvalue weighted by Gasteiger charge is -2.35. The van der Waals surface area contributed by atoms with E-state index in [1.54, 1.807) is 0 Å². The molecule has 1 aromatic heterocycles. The topological polar surface area (TPSA) is 16.4 Å². The van der Waals surface area contributed by atoms with Crippen LogP contribution in [0.15, 0.2) is 253 Å². The number of hydrogen-bond acceptors (Lipinski definition) is 2. The molecule has 0 saturated heterocycles. The molecule has 12 aromatic rings. The van der Waals surface area contributed by atoms with Crippen LogP contribution in [0, 0.1) is 0 Å². The summed E-state index contributed by atoms with van der Waals surface area (Å²) in [6.45, 7) is 0. The fraction of sp³-hybridized carbons (Fsp3) is 0.0159. The fourth-order valence-electron chi connectivity index (χ4n) is 10.9. The van der Waals surface area contributed by atoms with Gasteiger partial charge in [0.2, 0.25) is 0 Å². The maximum Gasteiger partial charge on any atom is 0.136 e. The number of rotatable bonds is 7. The number of benzene rings is 11. The van der Waals surface area contributed by atoms with Gasteiger partial charge in [0.25, 0.3) is 0 Å². The zero-order valence-electron chi connectivity index (χ0n) is 35.5. The smallest absolute Gasteiger partial charge is 0.136 e. The summed E-state index contributed by atoms with van der Waals surface area (Å²) in [5.41, 5.74) is 16.5. The van der Waals surface area contributed by atoms with Crippen molar-refractivity contribution in [2.24, 2.45) is 0 Å². The van der Waals surface area contributed by atoms with Gasteiger partial charge in [0, 0.05) is 27.7 Å². The lowest BCUT2D eigenvalue weighted by molar-refractivity contribution is 0.669. The number of fused-ring (bicyclic) bond motifs is 9. The first-order chi connectivity index (χ1) is 32.2. The number of furan rings is 1. The van der Waals surface area contributed by atoms with E-state index < -0.39 is 5.41 Å². The highest BCUT2D eigenvalue weighted by Crippen LogP contribution is 2.57. The van der Waals surface area contributed by atoms with Crippen molar-refractivity contribution in [3.05, 3.63) is 271 Å². The van der Waals surface area contributed by atoms with Gasteiger partial charge in [-0.15, -0.1) is 0 Å². The second-order valence-corrected chi connectivity index (χ2v) is 17.2. The third-order valence-electron chi connectivity index (χ3n) is 13.7.